The average molecular weight is 271 g/mol. The summed E-state index contributed by atoms with van der Waals surface area (Å²) in [5, 5.41) is 3.38. The third kappa shape index (κ3) is 5.62. The van der Waals surface area contributed by atoms with Gasteiger partial charge in [0, 0.05) is 28.9 Å². The van der Waals surface area contributed by atoms with E-state index in [9.17, 15) is 4.79 Å². The molecule has 1 aromatic heterocycles. The number of hydrogen-bond donors (Lipinski definition) is 1. The highest BCUT2D eigenvalue weighted by Crippen LogP contribution is 2.17. The molecule has 1 heterocycles. The van der Waals surface area contributed by atoms with Crippen LogP contribution in [0.5, 0.6) is 0 Å². The van der Waals surface area contributed by atoms with Gasteiger partial charge in [0.2, 0.25) is 0 Å². The summed E-state index contributed by atoms with van der Waals surface area (Å²) in [5.41, 5.74) is 0. The van der Waals surface area contributed by atoms with Crippen LogP contribution in [0.3, 0.4) is 0 Å². The van der Waals surface area contributed by atoms with Crippen molar-refractivity contribution in [2.75, 3.05) is 20.3 Å². The fourth-order valence-electron chi connectivity index (χ4n) is 1.46. The predicted octanol–water partition coefficient (Wildman–Crippen LogP) is 1.98. The van der Waals surface area contributed by atoms with E-state index in [-0.39, 0.29) is 5.97 Å². The van der Waals surface area contributed by atoms with Crippen molar-refractivity contribution >= 4 is 17.3 Å². The molecule has 0 radical (unpaired) electrons. The predicted molar refractivity (Wildman–Crippen MR) is 72.8 cm³/mol. The summed E-state index contributed by atoms with van der Waals surface area (Å²) in [7, 11) is 1.41. The third-order valence-corrected chi connectivity index (χ3v) is 3.55. The molecule has 4 nitrogen and oxygen atoms in total. The highest BCUT2D eigenvalue weighted by molar-refractivity contribution is 7.12. The van der Waals surface area contributed by atoms with Crippen molar-refractivity contribution in [2.24, 2.45) is 0 Å². The Morgan fingerprint density at radius 3 is 2.83 bits per heavy atom. The summed E-state index contributed by atoms with van der Waals surface area (Å²) in [6, 6.07) is 4.35. The third-order valence-electron chi connectivity index (χ3n) is 2.46. The van der Waals surface area contributed by atoms with Crippen LogP contribution < -0.4 is 5.32 Å². The molecule has 5 heteroatoms. The number of nitrogens with one attached hydrogen (secondary N) is 1. The first-order valence-electron chi connectivity index (χ1n) is 6.11. The van der Waals surface area contributed by atoms with Gasteiger partial charge < -0.3 is 14.8 Å². The minimum Gasteiger partial charge on any atom is -0.469 e. The quantitative estimate of drug-likeness (QED) is 0.734. The lowest BCUT2D eigenvalue weighted by molar-refractivity contribution is -0.139. The molecule has 0 saturated heterocycles. The molecule has 0 spiro atoms. The van der Waals surface area contributed by atoms with Crippen LogP contribution in [0.25, 0.3) is 0 Å². The molecule has 1 rings (SSSR count). The summed E-state index contributed by atoms with van der Waals surface area (Å²) in [6.07, 6.45) is 0.357. The summed E-state index contributed by atoms with van der Waals surface area (Å²) >= 11 is 1.64. The second-order valence-electron chi connectivity index (χ2n) is 4.06. The molecule has 0 aromatic carbocycles. The minimum absolute atomic E-state index is 0.193. The zero-order valence-electron chi connectivity index (χ0n) is 11.2. The largest absolute Gasteiger partial charge is 0.469 e. The molecular weight excluding hydrogens is 250 g/mol. The maximum absolute atomic E-state index is 11.1. The monoisotopic (exact) mass is 271 g/mol. The lowest BCUT2D eigenvalue weighted by Crippen LogP contribution is -2.29. The van der Waals surface area contributed by atoms with Gasteiger partial charge >= 0.3 is 5.97 Å². The maximum Gasteiger partial charge on any atom is 0.310 e. The van der Waals surface area contributed by atoms with E-state index in [2.05, 4.69) is 17.0 Å². The first-order valence-corrected chi connectivity index (χ1v) is 6.92. The van der Waals surface area contributed by atoms with E-state index < -0.39 is 0 Å². The zero-order valence-corrected chi connectivity index (χ0v) is 12.0. The van der Waals surface area contributed by atoms with E-state index in [1.165, 1.54) is 12.0 Å². The van der Waals surface area contributed by atoms with Gasteiger partial charge in [-0.3, -0.25) is 4.79 Å². The number of rotatable bonds is 8. The Morgan fingerprint density at radius 1 is 1.44 bits per heavy atom. The van der Waals surface area contributed by atoms with Gasteiger partial charge in [-0.15, -0.1) is 11.3 Å². The second-order valence-corrected chi connectivity index (χ2v) is 5.32. The number of carbonyl (C=O) groups is 1. The van der Waals surface area contributed by atoms with Crippen LogP contribution in [0.1, 0.15) is 23.6 Å². The van der Waals surface area contributed by atoms with Crippen molar-refractivity contribution in [3.05, 3.63) is 21.9 Å². The Labute approximate surface area is 112 Å². The van der Waals surface area contributed by atoms with E-state index in [1.54, 1.807) is 11.3 Å². The Bertz CT molecular complexity index is 365. The SMILES string of the molecule is CCOCC(C)NCc1ccc(CC(=O)OC)s1. The van der Waals surface area contributed by atoms with Crippen LogP contribution in [0, 0.1) is 0 Å². The fourth-order valence-corrected chi connectivity index (χ4v) is 2.41. The lowest BCUT2D eigenvalue weighted by atomic mass is 10.3. The van der Waals surface area contributed by atoms with Gasteiger partial charge in [0.25, 0.3) is 0 Å². The van der Waals surface area contributed by atoms with Gasteiger partial charge in [-0.1, -0.05) is 0 Å². The number of methoxy groups -OCH3 is 1. The highest BCUT2D eigenvalue weighted by Gasteiger charge is 2.07. The fraction of sp³-hybridized carbons (Fsp3) is 0.615. The normalized spacial score (nSPS) is 12.4. The molecule has 1 N–H and O–H groups in total. The van der Waals surface area contributed by atoms with Crippen LogP contribution in [-0.4, -0.2) is 32.3 Å². The molecule has 102 valence electrons. The van der Waals surface area contributed by atoms with Gasteiger partial charge in [-0.05, 0) is 26.0 Å². The van der Waals surface area contributed by atoms with E-state index in [4.69, 9.17) is 4.74 Å². The van der Waals surface area contributed by atoms with Gasteiger partial charge in [0.05, 0.1) is 20.1 Å². The van der Waals surface area contributed by atoms with Crippen molar-refractivity contribution in [1.29, 1.82) is 0 Å². The van der Waals surface area contributed by atoms with E-state index in [1.807, 2.05) is 19.1 Å². The zero-order chi connectivity index (χ0) is 13.4. The van der Waals surface area contributed by atoms with Crippen molar-refractivity contribution in [3.63, 3.8) is 0 Å². The van der Waals surface area contributed by atoms with Crippen molar-refractivity contribution in [2.45, 2.75) is 32.9 Å². The van der Waals surface area contributed by atoms with E-state index >= 15 is 0 Å². The van der Waals surface area contributed by atoms with Crippen LogP contribution in [-0.2, 0) is 27.2 Å². The van der Waals surface area contributed by atoms with Crippen molar-refractivity contribution in [3.8, 4) is 0 Å². The molecular formula is C13H21NO3S. The van der Waals surface area contributed by atoms with Gasteiger partial charge in [-0.2, -0.15) is 0 Å². The van der Waals surface area contributed by atoms with E-state index in [0.717, 1.165) is 24.6 Å². The summed E-state index contributed by atoms with van der Waals surface area (Å²) in [5.74, 6) is -0.193. The Morgan fingerprint density at radius 2 is 2.17 bits per heavy atom. The van der Waals surface area contributed by atoms with Crippen molar-refractivity contribution < 1.29 is 14.3 Å². The van der Waals surface area contributed by atoms with Gasteiger partial charge in [-0.25, -0.2) is 0 Å². The van der Waals surface area contributed by atoms with Crippen LogP contribution in [0.2, 0.25) is 0 Å². The summed E-state index contributed by atoms with van der Waals surface area (Å²) < 4.78 is 9.98. The number of thiophene rings is 1. The maximum atomic E-state index is 11.1. The Balaban J connectivity index is 2.32. The molecule has 0 bridgehead atoms. The highest BCUT2D eigenvalue weighted by atomic mass is 32.1. The first-order chi connectivity index (χ1) is 8.65. The van der Waals surface area contributed by atoms with Crippen molar-refractivity contribution in [1.82, 2.24) is 5.32 Å². The average Bonchev–Trinajstić information content (AvgIpc) is 2.81. The molecule has 0 amide bonds. The molecule has 0 aliphatic heterocycles. The Hall–Kier alpha value is -0.910. The molecule has 1 unspecified atom stereocenters. The molecule has 0 saturated carbocycles. The number of ether oxygens (including phenoxy) is 2. The molecule has 0 fully saturated rings. The molecule has 0 aliphatic carbocycles. The van der Waals surface area contributed by atoms with E-state index in [0.29, 0.717) is 12.5 Å². The number of carbonyl (C=O) groups excluding carboxylic acids is 1. The Kier molecular flexibility index (Phi) is 6.93. The second kappa shape index (κ2) is 8.24. The number of esters is 1. The van der Waals surface area contributed by atoms with Crippen LogP contribution in [0.4, 0.5) is 0 Å². The van der Waals surface area contributed by atoms with Crippen LogP contribution >= 0.6 is 11.3 Å². The molecule has 0 aliphatic rings. The molecule has 1 atom stereocenters. The van der Waals surface area contributed by atoms with Gasteiger partial charge in [0.1, 0.15) is 0 Å². The molecule has 1 aromatic rings. The minimum atomic E-state index is -0.193. The summed E-state index contributed by atoms with van der Waals surface area (Å²) in [4.78, 5) is 13.4. The first kappa shape index (κ1) is 15.1. The topological polar surface area (TPSA) is 47.6 Å². The smallest absolute Gasteiger partial charge is 0.310 e. The standard InChI is InChI=1S/C13H21NO3S/c1-4-17-9-10(2)14-8-12-6-5-11(18-12)7-13(15)16-3/h5-6,10,14H,4,7-9H2,1-3H3. The van der Waals surface area contributed by atoms with Gasteiger partial charge in [0.15, 0.2) is 0 Å². The molecule has 18 heavy (non-hydrogen) atoms. The number of hydrogen-bond acceptors (Lipinski definition) is 5. The lowest BCUT2D eigenvalue weighted by Gasteiger charge is -2.12. The summed E-state index contributed by atoms with van der Waals surface area (Å²) in [6.45, 7) is 6.36. The van der Waals surface area contributed by atoms with Crippen LogP contribution in [0.15, 0.2) is 12.1 Å².